The fourth-order valence-electron chi connectivity index (χ4n) is 2.40. The summed E-state index contributed by atoms with van der Waals surface area (Å²) in [6.07, 6.45) is 2.34. The summed E-state index contributed by atoms with van der Waals surface area (Å²) in [7, 11) is 0. The molecule has 1 aliphatic rings. The molecule has 0 amide bonds. The second-order valence-electron chi connectivity index (χ2n) is 5.51. The quantitative estimate of drug-likeness (QED) is 0.472. The molecule has 1 aliphatic carbocycles. The summed E-state index contributed by atoms with van der Waals surface area (Å²) >= 11 is 4.72. The van der Waals surface area contributed by atoms with Crippen molar-refractivity contribution in [2.45, 2.75) is 31.0 Å². The Morgan fingerprint density at radius 2 is 2.22 bits per heavy atom. The Morgan fingerprint density at radius 3 is 2.87 bits per heavy atom. The van der Waals surface area contributed by atoms with Gasteiger partial charge in [0.1, 0.15) is 0 Å². The first-order chi connectivity index (χ1) is 11.2. The molecule has 0 aliphatic heterocycles. The Labute approximate surface area is 146 Å². The van der Waals surface area contributed by atoms with Crippen LogP contribution in [0.15, 0.2) is 34.8 Å². The Balaban J connectivity index is 1.54. The Morgan fingerprint density at radius 1 is 1.35 bits per heavy atom. The third kappa shape index (κ3) is 3.13. The molecule has 0 bridgehead atoms. The van der Waals surface area contributed by atoms with Gasteiger partial charge in [-0.1, -0.05) is 17.8 Å². The summed E-state index contributed by atoms with van der Waals surface area (Å²) in [4.78, 5) is 15.4. The van der Waals surface area contributed by atoms with Crippen LogP contribution in [-0.4, -0.2) is 26.3 Å². The van der Waals surface area contributed by atoms with Crippen LogP contribution in [0, 0.1) is 6.92 Å². The number of thioether (sulfide) groups is 1. The van der Waals surface area contributed by atoms with Crippen LogP contribution >= 0.6 is 34.4 Å². The molecule has 3 aromatic rings. The van der Waals surface area contributed by atoms with E-state index in [4.69, 9.17) is 0 Å². The van der Waals surface area contributed by atoms with Crippen LogP contribution in [0.4, 0.5) is 0 Å². The molecule has 0 saturated heterocycles. The summed E-state index contributed by atoms with van der Waals surface area (Å²) in [5, 5.41) is 11.6. The molecule has 0 unspecified atom stereocenters. The minimum Gasteiger partial charge on any atom is -0.298 e. The molecule has 23 heavy (non-hydrogen) atoms. The monoisotopic (exact) mass is 361 g/mol. The van der Waals surface area contributed by atoms with Gasteiger partial charge in [-0.2, -0.15) is 0 Å². The Kier molecular flexibility index (Phi) is 4.09. The van der Waals surface area contributed by atoms with Crippen molar-refractivity contribution in [2.24, 2.45) is 0 Å². The maximum Gasteiger partial charge on any atom is 0.192 e. The first kappa shape index (κ1) is 15.1. The molecule has 3 aromatic heterocycles. The molecule has 0 N–H and O–H groups in total. The third-order valence-electron chi connectivity index (χ3n) is 3.67. The van der Waals surface area contributed by atoms with E-state index in [0.29, 0.717) is 11.8 Å². The first-order valence-corrected chi connectivity index (χ1v) is 10.1. The maximum atomic E-state index is 12.3. The van der Waals surface area contributed by atoms with Gasteiger partial charge in [0.2, 0.25) is 0 Å². The summed E-state index contributed by atoms with van der Waals surface area (Å²) in [5.74, 6) is 1.51. The van der Waals surface area contributed by atoms with E-state index >= 15 is 0 Å². The van der Waals surface area contributed by atoms with Gasteiger partial charge in [-0.25, -0.2) is 0 Å². The highest BCUT2D eigenvalue weighted by Gasteiger charge is 2.30. The van der Waals surface area contributed by atoms with Gasteiger partial charge >= 0.3 is 0 Å². The van der Waals surface area contributed by atoms with Crippen LogP contribution in [-0.2, 0) is 0 Å². The van der Waals surface area contributed by atoms with Crippen molar-refractivity contribution in [1.82, 2.24) is 14.8 Å². The van der Waals surface area contributed by atoms with Crippen LogP contribution in [0.5, 0.6) is 0 Å². The van der Waals surface area contributed by atoms with Gasteiger partial charge in [0.25, 0.3) is 0 Å². The van der Waals surface area contributed by atoms with E-state index in [1.165, 1.54) is 29.5 Å². The van der Waals surface area contributed by atoms with Gasteiger partial charge in [-0.15, -0.1) is 32.9 Å². The van der Waals surface area contributed by atoms with Crippen molar-refractivity contribution in [3.8, 4) is 10.7 Å². The second-order valence-corrected chi connectivity index (χ2v) is 8.68. The lowest BCUT2D eigenvalue weighted by atomic mass is 10.3. The minimum absolute atomic E-state index is 0.163. The van der Waals surface area contributed by atoms with Crippen LogP contribution < -0.4 is 0 Å². The summed E-state index contributed by atoms with van der Waals surface area (Å²) in [6, 6.07) is 8.49. The lowest BCUT2D eigenvalue weighted by Gasteiger charge is -2.07. The number of hydrogen-bond acceptors (Lipinski definition) is 6. The van der Waals surface area contributed by atoms with E-state index in [0.717, 1.165) is 20.7 Å². The maximum absolute atomic E-state index is 12.3. The molecule has 4 rings (SSSR count). The lowest BCUT2D eigenvalue weighted by Crippen LogP contribution is -2.03. The molecule has 118 valence electrons. The molecule has 0 spiro atoms. The van der Waals surface area contributed by atoms with Crippen molar-refractivity contribution < 1.29 is 4.79 Å². The molecule has 4 nitrogen and oxygen atoms in total. The summed E-state index contributed by atoms with van der Waals surface area (Å²) < 4.78 is 2.21. The minimum atomic E-state index is 0.163. The zero-order chi connectivity index (χ0) is 15.8. The number of thiophene rings is 2. The van der Waals surface area contributed by atoms with Crippen molar-refractivity contribution in [3.63, 3.8) is 0 Å². The molecule has 7 heteroatoms. The number of Topliss-reactive ketones (excluding diaryl/α,β-unsaturated/α-hetero) is 1. The number of carbonyl (C=O) groups excluding carboxylic acids is 1. The van der Waals surface area contributed by atoms with Gasteiger partial charge < -0.3 is 0 Å². The number of hydrogen-bond donors (Lipinski definition) is 0. The van der Waals surface area contributed by atoms with Crippen LogP contribution in [0.25, 0.3) is 10.7 Å². The Hall–Kier alpha value is -1.44. The van der Waals surface area contributed by atoms with Gasteiger partial charge in [0, 0.05) is 10.9 Å². The van der Waals surface area contributed by atoms with Gasteiger partial charge in [-0.3, -0.25) is 9.36 Å². The average Bonchev–Trinajstić information content (AvgIpc) is 2.97. The number of aromatic nitrogens is 3. The van der Waals surface area contributed by atoms with Crippen LogP contribution in [0.2, 0.25) is 0 Å². The predicted octanol–water partition coefficient (Wildman–Crippen LogP) is 4.69. The number of rotatable bonds is 6. The molecular formula is C16H15N3OS3. The highest BCUT2D eigenvalue weighted by molar-refractivity contribution is 7.99. The summed E-state index contributed by atoms with van der Waals surface area (Å²) in [6.45, 7) is 2.02. The van der Waals surface area contributed by atoms with E-state index in [2.05, 4.69) is 26.2 Å². The third-order valence-corrected chi connectivity index (χ3v) is 6.52. The van der Waals surface area contributed by atoms with E-state index < -0.39 is 0 Å². The molecule has 0 aromatic carbocycles. The average molecular weight is 362 g/mol. The normalized spacial score (nSPS) is 14.3. The van der Waals surface area contributed by atoms with Crippen molar-refractivity contribution >= 4 is 40.2 Å². The van der Waals surface area contributed by atoms with Crippen molar-refractivity contribution in [1.29, 1.82) is 0 Å². The fraction of sp³-hybridized carbons (Fsp3) is 0.312. The fourth-order valence-corrected chi connectivity index (χ4v) is 4.89. The van der Waals surface area contributed by atoms with E-state index in [1.807, 2.05) is 25.1 Å². The molecule has 1 saturated carbocycles. The van der Waals surface area contributed by atoms with Crippen molar-refractivity contribution in [3.05, 3.63) is 39.4 Å². The van der Waals surface area contributed by atoms with Gasteiger partial charge in [0.15, 0.2) is 16.8 Å². The standard InChI is InChI=1S/C16H15N3OS3/c1-10-4-7-13(23-10)12(20)9-22-16-18-17-15(14-3-2-8-21-14)19(16)11-5-6-11/h2-4,7-8,11H,5-6,9H2,1H3. The number of carbonyl (C=O) groups is 1. The second kappa shape index (κ2) is 6.22. The van der Waals surface area contributed by atoms with Crippen molar-refractivity contribution in [2.75, 3.05) is 5.75 Å². The largest absolute Gasteiger partial charge is 0.298 e. The van der Waals surface area contributed by atoms with Crippen LogP contribution in [0.3, 0.4) is 0 Å². The zero-order valence-electron chi connectivity index (χ0n) is 12.6. The van der Waals surface area contributed by atoms with Gasteiger partial charge in [0.05, 0.1) is 15.5 Å². The van der Waals surface area contributed by atoms with Crippen LogP contribution in [0.1, 0.15) is 33.4 Å². The molecule has 0 radical (unpaired) electrons. The molecular weight excluding hydrogens is 346 g/mol. The summed E-state index contributed by atoms with van der Waals surface area (Å²) in [5.41, 5.74) is 0. The zero-order valence-corrected chi connectivity index (χ0v) is 15.0. The molecule has 1 fully saturated rings. The smallest absolute Gasteiger partial charge is 0.192 e. The highest BCUT2D eigenvalue weighted by atomic mass is 32.2. The lowest BCUT2D eigenvalue weighted by molar-refractivity contribution is 0.102. The number of aryl methyl sites for hydroxylation is 1. The molecule has 0 atom stereocenters. The topological polar surface area (TPSA) is 47.8 Å². The predicted molar refractivity (Wildman–Crippen MR) is 95.7 cm³/mol. The number of nitrogens with zero attached hydrogens (tertiary/aromatic N) is 3. The Bertz CT molecular complexity index is 831. The van der Waals surface area contributed by atoms with Gasteiger partial charge in [-0.05, 0) is 43.3 Å². The SMILES string of the molecule is Cc1ccc(C(=O)CSc2nnc(-c3cccs3)n2C2CC2)s1. The first-order valence-electron chi connectivity index (χ1n) is 7.43. The highest BCUT2D eigenvalue weighted by Crippen LogP contribution is 2.41. The van der Waals surface area contributed by atoms with E-state index in [9.17, 15) is 4.79 Å². The van der Waals surface area contributed by atoms with E-state index in [1.54, 1.807) is 22.7 Å². The number of ketones is 1. The molecule has 3 heterocycles. The van der Waals surface area contributed by atoms with E-state index in [-0.39, 0.29) is 5.78 Å².